The summed E-state index contributed by atoms with van der Waals surface area (Å²) in [6.07, 6.45) is 1.43. The highest BCUT2D eigenvalue weighted by molar-refractivity contribution is 6.30. The molecule has 2 N–H and O–H groups in total. The van der Waals surface area contributed by atoms with Crippen molar-refractivity contribution < 1.29 is 15.0 Å². The van der Waals surface area contributed by atoms with Gasteiger partial charge in [0.1, 0.15) is 11.6 Å². The van der Waals surface area contributed by atoms with Gasteiger partial charge in [-0.05, 0) is 36.4 Å². The second kappa shape index (κ2) is 4.54. The maximum Gasteiger partial charge on any atom is 0.356 e. The van der Waals surface area contributed by atoms with Gasteiger partial charge in [-0.1, -0.05) is 11.6 Å². The number of hydrogen-bond donors (Lipinski definition) is 2. The SMILES string of the molecule is O=C(O)c1nc(-c2ccc(Cl)cc2)n2cc(O)ccc12. The quantitative estimate of drug-likeness (QED) is 0.760. The molecule has 0 aliphatic carbocycles. The Labute approximate surface area is 118 Å². The summed E-state index contributed by atoms with van der Waals surface area (Å²) in [6, 6.07) is 9.82. The topological polar surface area (TPSA) is 74.8 Å². The molecule has 3 aromatic rings. The smallest absolute Gasteiger partial charge is 0.356 e. The summed E-state index contributed by atoms with van der Waals surface area (Å²) < 4.78 is 1.54. The highest BCUT2D eigenvalue weighted by Crippen LogP contribution is 2.26. The van der Waals surface area contributed by atoms with Crippen LogP contribution in [0.3, 0.4) is 0 Å². The lowest BCUT2D eigenvalue weighted by molar-refractivity contribution is 0.0693. The Balaban J connectivity index is 2.32. The van der Waals surface area contributed by atoms with Crippen LogP contribution in [-0.4, -0.2) is 25.6 Å². The predicted molar refractivity (Wildman–Crippen MR) is 74.3 cm³/mol. The molecule has 2 aromatic heterocycles. The van der Waals surface area contributed by atoms with E-state index in [4.69, 9.17) is 11.6 Å². The van der Waals surface area contributed by atoms with Gasteiger partial charge in [-0.25, -0.2) is 9.78 Å². The molecule has 20 heavy (non-hydrogen) atoms. The summed E-state index contributed by atoms with van der Waals surface area (Å²) in [7, 11) is 0. The monoisotopic (exact) mass is 288 g/mol. The Kier molecular flexibility index (Phi) is 2.84. The van der Waals surface area contributed by atoms with Crippen LogP contribution in [0.5, 0.6) is 5.75 Å². The number of carboxylic acid groups (broad SMARTS) is 1. The minimum Gasteiger partial charge on any atom is -0.506 e. The Hall–Kier alpha value is -2.53. The van der Waals surface area contributed by atoms with Crippen molar-refractivity contribution in [2.75, 3.05) is 0 Å². The number of hydrogen-bond acceptors (Lipinski definition) is 3. The number of carboxylic acids is 1. The van der Waals surface area contributed by atoms with E-state index in [2.05, 4.69) is 4.98 Å². The lowest BCUT2D eigenvalue weighted by Gasteiger charge is -2.02. The van der Waals surface area contributed by atoms with Crippen molar-refractivity contribution in [2.24, 2.45) is 0 Å². The van der Waals surface area contributed by atoms with Gasteiger partial charge in [0, 0.05) is 10.6 Å². The van der Waals surface area contributed by atoms with Gasteiger partial charge in [-0.2, -0.15) is 0 Å². The molecule has 0 saturated carbocycles. The molecule has 6 heteroatoms. The number of imidazole rings is 1. The summed E-state index contributed by atoms with van der Waals surface area (Å²) >= 11 is 5.84. The van der Waals surface area contributed by atoms with Gasteiger partial charge < -0.3 is 10.2 Å². The van der Waals surface area contributed by atoms with Crippen molar-refractivity contribution >= 4 is 23.1 Å². The largest absolute Gasteiger partial charge is 0.506 e. The van der Waals surface area contributed by atoms with Crippen molar-refractivity contribution in [1.82, 2.24) is 9.38 Å². The van der Waals surface area contributed by atoms with Gasteiger partial charge >= 0.3 is 5.97 Å². The number of carbonyl (C=O) groups is 1. The molecule has 0 aliphatic heterocycles. The van der Waals surface area contributed by atoms with Crippen LogP contribution in [0.2, 0.25) is 5.02 Å². The highest BCUT2D eigenvalue weighted by atomic mass is 35.5. The molecule has 0 amide bonds. The Morgan fingerprint density at radius 2 is 1.85 bits per heavy atom. The van der Waals surface area contributed by atoms with E-state index in [9.17, 15) is 15.0 Å². The van der Waals surface area contributed by atoms with E-state index < -0.39 is 5.97 Å². The van der Waals surface area contributed by atoms with Crippen LogP contribution in [0.15, 0.2) is 42.6 Å². The summed E-state index contributed by atoms with van der Waals surface area (Å²) in [5.41, 5.74) is 1.07. The number of aromatic hydroxyl groups is 1. The van der Waals surface area contributed by atoms with Crippen LogP contribution in [0, 0.1) is 0 Å². The Morgan fingerprint density at radius 1 is 1.15 bits per heavy atom. The molecule has 5 nitrogen and oxygen atoms in total. The first-order valence-electron chi connectivity index (χ1n) is 5.76. The lowest BCUT2D eigenvalue weighted by Crippen LogP contribution is -1.97. The number of aromatic nitrogens is 2. The zero-order valence-electron chi connectivity index (χ0n) is 10.1. The van der Waals surface area contributed by atoms with Crippen LogP contribution in [0.4, 0.5) is 0 Å². The lowest BCUT2D eigenvalue weighted by atomic mass is 10.2. The molecule has 0 spiro atoms. The molecule has 3 rings (SSSR count). The molecule has 0 atom stereocenters. The van der Waals surface area contributed by atoms with Gasteiger partial charge in [-0.3, -0.25) is 4.40 Å². The molecule has 0 saturated heterocycles. The van der Waals surface area contributed by atoms with E-state index >= 15 is 0 Å². The third kappa shape index (κ3) is 1.98. The summed E-state index contributed by atoms with van der Waals surface area (Å²) in [5, 5.41) is 19.4. The molecule has 0 aliphatic rings. The number of rotatable bonds is 2. The average Bonchev–Trinajstić information content (AvgIpc) is 2.78. The fourth-order valence-corrected chi connectivity index (χ4v) is 2.16. The van der Waals surface area contributed by atoms with E-state index in [1.165, 1.54) is 18.3 Å². The summed E-state index contributed by atoms with van der Waals surface area (Å²) in [6.45, 7) is 0. The normalized spacial score (nSPS) is 10.8. The third-order valence-corrected chi connectivity index (χ3v) is 3.18. The molecular formula is C14H9ClN2O3. The number of nitrogens with zero attached hydrogens (tertiary/aromatic N) is 2. The number of benzene rings is 1. The van der Waals surface area contributed by atoms with Crippen molar-refractivity contribution in [2.45, 2.75) is 0 Å². The molecule has 0 radical (unpaired) electrons. The van der Waals surface area contributed by atoms with Crippen LogP contribution < -0.4 is 0 Å². The van der Waals surface area contributed by atoms with E-state index in [0.717, 1.165) is 0 Å². The first-order valence-corrected chi connectivity index (χ1v) is 6.14. The second-order valence-corrected chi connectivity index (χ2v) is 4.68. The molecule has 0 bridgehead atoms. The summed E-state index contributed by atoms with van der Waals surface area (Å²) in [5.74, 6) is -0.652. The van der Waals surface area contributed by atoms with Crippen LogP contribution in [0.1, 0.15) is 10.5 Å². The van der Waals surface area contributed by atoms with E-state index in [1.54, 1.807) is 28.7 Å². The minimum absolute atomic E-state index is 0.0297. The fraction of sp³-hybridized carbons (Fsp3) is 0. The van der Waals surface area contributed by atoms with Crippen LogP contribution in [0.25, 0.3) is 16.9 Å². The van der Waals surface area contributed by atoms with E-state index in [-0.39, 0.29) is 11.4 Å². The Morgan fingerprint density at radius 3 is 2.50 bits per heavy atom. The van der Waals surface area contributed by atoms with Gasteiger partial charge in [0.25, 0.3) is 0 Å². The van der Waals surface area contributed by atoms with Crippen LogP contribution in [-0.2, 0) is 0 Å². The minimum atomic E-state index is -1.12. The number of aromatic carboxylic acids is 1. The zero-order chi connectivity index (χ0) is 14.3. The molecule has 2 heterocycles. The van der Waals surface area contributed by atoms with Gasteiger partial charge in [0.2, 0.25) is 0 Å². The van der Waals surface area contributed by atoms with Gasteiger partial charge in [0.05, 0.1) is 11.7 Å². The predicted octanol–water partition coefficient (Wildman–Crippen LogP) is 3.06. The highest BCUT2D eigenvalue weighted by Gasteiger charge is 2.17. The van der Waals surface area contributed by atoms with Gasteiger partial charge in [-0.15, -0.1) is 0 Å². The molecule has 0 fully saturated rings. The van der Waals surface area contributed by atoms with E-state index in [0.29, 0.717) is 21.9 Å². The molecule has 0 unspecified atom stereocenters. The first kappa shape index (κ1) is 12.5. The number of halogens is 1. The molecule has 100 valence electrons. The average molecular weight is 289 g/mol. The number of fused-ring (bicyclic) bond motifs is 1. The van der Waals surface area contributed by atoms with Crippen molar-refractivity contribution in [3.8, 4) is 17.1 Å². The molecule has 1 aromatic carbocycles. The van der Waals surface area contributed by atoms with Crippen molar-refractivity contribution in [3.05, 3.63) is 53.3 Å². The maximum atomic E-state index is 11.2. The molecular weight excluding hydrogens is 280 g/mol. The van der Waals surface area contributed by atoms with Crippen LogP contribution >= 0.6 is 11.6 Å². The third-order valence-electron chi connectivity index (χ3n) is 2.93. The zero-order valence-corrected chi connectivity index (χ0v) is 10.9. The maximum absolute atomic E-state index is 11.2. The van der Waals surface area contributed by atoms with Crippen molar-refractivity contribution in [1.29, 1.82) is 0 Å². The second-order valence-electron chi connectivity index (χ2n) is 4.24. The Bertz CT molecular complexity index is 809. The van der Waals surface area contributed by atoms with Crippen molar-refractivity contribution in [3.63, 3.8) is 0 Å². The van der Waals surface area contributed by atoms with Gasteiger partial charge in [0.15, 0.2) is 5.69 Å². The van der Waals surface area contributed by atoms with E-state index in [1.807, 2.05) is 0 Å². The fourth-order valence-electron chi connectivity index (χ4n) is 2.03. The standard InChI is InChI=1S/C14H9ClN2O3/c15-9-3-1-8(2-4-9)13-16-12(14(19)20)11-6-5-10(18)7-17(11)13/h1-7,18H,(H,19,20). The summed E-state index contributed by atoms with van der Waals surface area (Å²) in [4.78, 5) is 15.4. The number of pyridine rings is 1. The first-order chi connectivity index (χ1) is 9.56.